The normalized spacial score (nSPS) is 19.4. The summed E-state index contributed by atoms with van der Waals surface area (Å²) in [6.07, 6.45) is 3.74. The van der Waals surface area contributed by atoms with E-state index >= 15 is 0 Å². The van der Waals surface area contributed by atoms with Crippen molar-refractivity contribution in [1.82, 2.24) is 0 Å². The maximum absolute atomic E-state index is 5.93. The molecule has 11 heavy (non-hydrogen) atoms. The molecule has 2 unspecified atom stereocenters. The van der Waals surface area contributed by atoms with Gasteiger partial charge < -0.3 is 0 Å². The molecule has 2 atom stereocenters. The summed E-state index contributed by atoms with van der Waals surface area (Å²) >= 11 is 8.47. The van der Waals surface area contributed by atoms with Crippen LogP contribution in [0.2, 0.25) is 0 Å². The van der Waals surface area contributed by atoms with Crippen molar-refractivity contribution in [2.45, 2.75) is 44.0 Å². The van der Waals surface area contributed by atoms with Gasteiger partial charge in [-0.1, -0.05) is 49.8 Å². The van der Waals surface area contributed by atoms with Gasteiger partial charge in [0, 0.05) is 9.80 Å². The van der Waals surface area contributed by atoms with Gasteiger partial charge in [0.15, 0.2) is 0 Å². The van der Waals surface area contributed by atoms with Crippen LogP contribution in [0.5, 0.6) is 0 Å². The lowest BCUT2D eigenvalue weighted by Gasteiger charge is -2.31. The molecule has 68 valence electrons. The second kappa shape index (κ2) is 5.63. The number of halogens is 2. The molecule has 0 aromatic rings. The van der Waals surface area contributed by atoms with E-state index in [-0.39, 0.29) is 0 Å². The molecule has 0 amide bonds. The van der Waals surface area contributed by atoms with Crippen LogP contribution in [0.4, 0.5) is 0 Å². The standard InChI is InChI=1S/C9H18ClI/c1-4-6-8(11)9(3,5-2)7-10/h8H,4-7H2,1-3H3. The van der Waals surface area contributed by atoms with Gasteiger partial charge in [-0.05, 0) is 18.3 Å². The maximum Gasteiger partial charge on any atom is 0.0287 e. The number of alkyl halides is 2. The first-order valence-electron chi connectivity index (χ1n) is 4.30. The Kier molecular flexibility index (Phi) is 6.15. The largest absolute Gasteiger partial charge is 0.126 e. The molecule has 0 aliphatic carbocycles. The quantitative estimate of drug-likeness (QED) is 0.524. The first-order chi connectivity index (χ1) is 5.10. The molecule has 0 aliphatic heterocycles. The second-order valence-corrected chi connectivity index (χ2v) is 5.17. The molecule has 0 aliphatic rings. The molecule has 0 fully saturated rings. The average Bonchev–Trinajstić information content (AvgIpc) is 2.03. The summed E-state index contributed by atoms with van der Waals surface area (Å²) in [5.74, 6) is 0.789. The molecule has 0 heterocycles. The van der Waals surface area contributed by atoms with E-state index in [9.17, 15) is 0 Å². The van der Waals surface area contributed by atoms with Crippen molar-refractivity contribution in [1.29, 1.82) is 0 Å². The summed E-state index contributed by atoms with van der Waals surface area (Å²) in [5.41, 5.74) is 0.345. The Morgan fingerprint density at radius 2 is 2.00 bits per heavy atom. The van der Waals surface area contributed by atoms with Crippen LogP contribution < -0.4 is 0 Å². The fourth-order valence-electron chi connectivity index (χ4n) is 1.00. The van der Waals surface area contributed by atoms with Gasteiger partial charge in [0.2, 0.25) is 0 Å². The van der Waals surface area contributed by atoms with E-state index in [0.717, 1.165) is 9.80 Å². The van der Waals surface area contributed by atoms with Crippen molar-refractivity contribution in [3.63, 3.8) is 0 Å². The summed E-state index contributed by atoms with van der Waals surface area (Å²) in [6.45, 7) is 6.74. The first-order valence-corrected chi connectivity index (χ1v) is 6.08. The van der Waals surface area contributed by atoms with Crippen LogP contribution in [-0.4, -0.2) is 9.80 Å². The third-order valence-corrected chi connectivity index (χ3v) is 5.15. The van der Waals surface area contributed by atoms with Crippen LogP contribution in [0.1, 0.15) is 40.0 Å². The number of hydrogen-bond donors (Lipinski definition) is 0. The van der Waals surface area contributed by atoms with E-state index < -0.39 is 0 Å². The topological polar surface area (TPSA) is 0 Å². The summed E-state index contributed by atoms with van der Waals surface area (Å²) in [7, 11) is 0. The van der Waals surface area contributed by atoms with Gasteiger partial charge in [0.25, 0.3) is 0 Å². The highest BCUT2D eigenvalue weighted by Gasteiger charge is 2.28. The molecule has 2 heteroatoms. The van der Waals surface area contributed by atoms with Crippen molar-refractivity contribution >= 4 is 34.2 Å². The fraction of sp³-hybridized carbons (Fsp3) is 1.00. The van der Waals surface area contributed by atoms with Gasteiger partial charge in [-0.15, -0.1) is 11.6 Å². The van der Waals surface area contributed by atoms with E-state index in [1.165, 1.54) is 19.3 Å². The summed E-state index contributed by atoms with van der Waals surface area (Å²) in [4.78, 5) is 0. The Labute approximate surface area is 89.2 Å². The van der Waals surface area contributed by atoms with E-state index in [1.54, 1.807) is 0 Å². The molecule has 0 aromatic heterocycles. The lowest BCUT2D eigenvalue weighted by Crippen LogP contribution is -2.28. The summed E-state index contributed by atoms with van der Waals surface area (Å²) in [6, 6.07) is 0. The van der Waals surface area contributed by atoms with Crippen LogP contribution >= 0.6 is 34.2 Å². The summed E-state index contributed by atoms with van der Waals surface area (Å²) < 4.78 is 0.729. The van der Waals surface area contributed by atoms with Gasteiger partial charge in [0.1, 0.15) is 0 Å². The molecule has 0 bridgehead atoms. The minimum atomic E-state index is 0.345. The Hall–Kier alpha value is 1.02. The molecule has 0 aromatic carbocycles. The molecule has 0 spiro atoms. The third kappa shape index (κ3) is 3.49. The first kappa shape index (κ1) is 12.0. The molecule has 0 radical (unpaired) electrons. The highest BCUT2D eigenvalue weighted by atomic mass is 127. The average molecular weight is 289 g/mol. The molecular weight excluding hydrogens is 270 g/mol. The SMILES string of the molecule is CCCC(I)C(C)(CC)CCl. The third-order valence-electron chi connectivity index (χ3n) is 2.41. The minimum absolute atomic E-state index is 0.345. The Bertz CT molecular complexity index is 99.7. The number of rotatable bonds is 5. The van der Waals surface area contributed by atoms with Gasteiger partial charge in [-0.2, -0.15) is 0 Å². The van der Waals surface area contributed by atoms with Crippen molar-refractivity contribution < 1.29 is 0 Å². The molecule has 0 N–H and O–H groups in total. The second-order valence-electron chi connectivity index (χ2n) is 3.40. The van der Waals surface area contributed by atoms with Gasteiger partial charge >= 0.3 is 0 Å². The van der Waals surface area contributed by atoms with Crippen molar-refractivity contribution in [3.8, 4) is 0 Å². The van der Waals surface area contributed by atoms with E-state index in [2.05, 4.69) is 43.4 Å². The van der Waals surface area contributed by atoms with Crippen molar-refractivity contribution in [3.05, 3.63) is 0 Å². The van der Waals surface area contributed by atoms with Crippen LogP contribution in [-0.2, 0) is 0 Å². The zero-order valence-corrected chi connectivity index (χ0v) is 10.6. The van der Waals surface area contributed by atoms with Crippen LogP contribution in [0.15, 0.2) is 0 Å². The number of hydrogen-bond acceptors (Lipinski definition) is 0. The van der Waals surface area contributed by atoms with Gasteiger partial charge in [-0.25, -0.2) is 0 Å². The molecule has 0 nitrogen and oxygen atoms in total. The van der Waals surface area contributed by atoms with Gasteiger partial charge in [0.05, 0.1) is 0 Å². The predicted molar refractivity (Wildman–Crippen MR) is 61.8 cm³/mol. The highest BCUT2D eigenvalue weighted by molar-refractivity contribution is 14.1. The van der Waals surface area contributed by atoms with Crippen molar-refractivity contribution in [2.75, 3.05) is 5.88 Å². The molecule has 0 saturated heterocycles. The summed E-state index contributed by atoms with van der Waals surface area (Å²) in [5, 5.41) is 0. The lowest BCUT2D eigenvalue weighted by molar-refractivity contribution is 0.341. The highest BCUT2D eigenvalue weighted by Crippen LogP contribution is 2.35. The Morgan fingerprint density at radius 3 is 2.27 bits per heavy atom. The Balaban J connectivity index is 4.00. The predicted octanol–water partition coefficient (Wildman–Crippen LogP) is 4.25. The monoisotopic (exact) mass is 288 g/mol. The van der Waals surface area contributed by atoms with Gasteiger partial charge in [-0.3, -0.25) is 0 Å². The lowest BCUT2D eigenvalue weighted by atomic mass is 9.84. The van der Waals surface area contributed by atoms with E-state index in [4.69, 9.17) is 11.6 Å². The van der Waals surface area contributed by atoms with Crippen LogP contribution in [0.3, 0.4) is 0 Å². The zero-order chi connectivity index (χ0) is 8.91. The van der Waals surface area contributed by atoms with Crippen molar-refractivity contribution in [2.24, 2.45) is 5.41 Å². The molecular formula is C9H18ClI. The zero-order valence-electron chi connectivity index (χ0n) is 7.66. The molecule has 0 saturated carbocycles. The van der Waals surface area contributed by atoms with Crippen LogP contribution in [0, 0.1) is 5.41 Å². The maximum atomic E-state index is 5.93. The molecule has 0 rings (SSSR count). The smallest absolute Gasteiger partial charge is 0.0287 e. The fourth-order valence-corrected chi connectivity index (χ4v) is 2.92. The minimum Gasteiger partial charge on any atom is -0.126 e. The Morgan fingerprint density at radius 1 is 1.45 bits per heavy atom. The van der Waals surface area contributed by atoms with Crippen LogP contribution in [0.25, 0.3) is 0 Å². The van der Waals surface area contributed by atoms with E-state index in [1.807, 2.05) is 0 Å². The van der Waals surface area contributed by atoms with E-state index in [0.29, 0.717) is 5.41 Å².